The van der Waals surface area contributed by atoms with Gasteiger partial charge in [-0.15, -0.1) is 0 Å². The second kappa shape index (κ2) is 5.50. The van der Waals surface area contributed by atoms with E-state index in [0.29, 0.717) is 5.56 Å². The summed E-state index contributed by atoms with van der Waals surface area (Å²) in [6.45, 7) is 1.98. The first kappa shape index (κ1) is 12.4. The van der Waals surface area contributed by atoms with Gasteiger partial charge in [-0.2, -0.15) is 0 Å². The van der Waals surface area contributed by atoms with Crippen LogP contribution in [0.3, 0.4) is 0 Å². The van der Waals surface area contributed by atoms with Gasteiger partial charge >= 0.3 is 0 Å². The monoisotopic (exact) mass is 240 g/mol. The lowest BCUT2D eigenvalue weighted by molar-refractivity contribution is 0.0957. The van der Waals surface area contributed by atoms with Crippen LogP contribution in [0.15, 0.2) is 54.6 Å². The van der Waals surface area contributed by atoms with Crippen molar-refractivity contribution in [3.63, 3.8) is 0 Å². The Bertz CT molecular complexity index is 532. The summed E-state index contributed by atoms with van der Waals surface area (Å²) in [6.07, 6.45) is 0.719. The number of benzene rings is 2. The predicted molar refractivity (Wildman–Crippen MR) is 71.9 cm³/mol. The average molecular weight is 240 g/mol. The standard InChI is InChI=1S/C16H16O2/c1-2-15(13-9-6-10-14(17)11-13)16(18)12-7-4-3-5-8-12/h3-11,15,17H,2H2,1H3/t15-/m0/s1. The van der Waals surface area contributed by atoms with Crippen molar-refractivity contribution in [2.24, 2.45) is 0 Å². The van der Waals surface area contributed by atoms with Crippen LogP contribution in [0, 0.1) is 0 Å². The zero-order valence-electron chi connectivity index (χ0n) is 10.3. The van der Waals surface area contributed by atoms with Gasteiger partial charge in [0.05, 0.1) is 0 Å². The SMILES string of the molecule is CC[C@H](C(=O)c1ccccc1)c1cccc(O)c1. The minimum absolute atomic E-state index is 0.101. The highest BCUT2D eigenvalue weighted by molar-refractivity contribution is 6.00. The molecule has 0 unspecified atom stereocenters. The maximum Gasteiger partial charge on any atom is 0.170 e. The molecule has 0 amide bonds. The number of carbonyl (C=O) groups excluding carboxylic acids is 1. The molecule has 2 aromatic rings. The fourth-order valence-electron chi connectivity index (χ4n) is 2.12. The molecule has 0 heterocycles. The van der Waals surface area contributed by atoms with E-state index in [1.54, 1.807) is 18.2 Å². The third-order valence-corrected chi connectivity index (χ3v) is 3.06. The maximum atomic E-state index is 12.4. The van der Waals surface area contributed by atoms with Crippen molar-refractivity contribution < 1.29 is 9.90 Å². The van der Waals surface area contributed by atoms with E-state index >= 15 is 0 Å². The number of rotatable bonds is 4. The molecule has 18 heavy (non-hydrogen) atoms. The summed E-state index contributed by atoms with van der Waals surface area (Å²) in [5, 5.41) is 9.50. The Balaban J connectivity index is 2.32. The molecular weight excluding hydrogens is 224 g/mol. The molecule has 0 aromatic heterocycles. The second-order valence-electron chi connectivity index (χ2n) is 4.29. The number of carbonyl (C=O) groups is 1. The summed E-state index contributed by atoms with van der Waals surface area (Å²) in [6, 6.07) is 16.2. The Morgan fingerprint density at radius 3 is 2.44 bits per heavy atom. The van der Waals surface area contributed by atoms with Gasteiger partial charge in [-0.25, -0.2) is 0 Å². The highest BCUT2D eigenvalue weighted by Crippen LogP contribution is 2.26. The molecular formula is C16H16O2. The normalized spacial score (nSPS) is 12.1. The van der Waals surface area contributed by atoms with Crippen molar-refractivity contribution in [1.29, 1.82) is 0 Å². The van der Waals surface area contributed by atoms with E-state index in [1.165, 1.54) is 0 Å². The van der Waals surface area contributed by atoms with E-state index in [-0.39, 0.29) is 17.5 Å². The third-order valence-electron chi connectivity index (χ3n) is 3.06. The lowest BCUT2D eigenvalue weighted by Gasteiger charge is -2.14. The molecule has 2 rings (SSSR count). The summed E-state index contributed by atoms with van der Waals surface area (Å²) < 4.78 is 0. The molecule has 0 saturated carbocycles. The molecule has 1 atom stereocenters. The Hall–Kier alpha value is -2.09. The zero-order chi connectivity index (χ0) is 13.0. The van der Waals surface area contributed by atoms with Gasteiger partial charge in [-0.1, -0.05) is 49.4 Å². The summed E-state index contributed by atoms with van der Waals surface area (Å²) in [7, 11) is 0. The molecule has 0 fully saturated rings. The first-order valence-corrected chi connectivity index (χ1v) is 6.10. The van der Waals surface area contributed by atoms with Crippen molar-refractivity contribution in [3.8, 4) is 5.75 Å². The molecule has 0 bridgehead atoms. The van der Waals surface area contributed by atoms with E-state index < -0.39 is 0 Å². The molecule has 0 aliphatic carbocycles. The summed E-state index contributed by atoms with van der Waals surface area (Å²) in [4.78, 5) is 12.4. The van der Waals surface area contributed by atoms with Crippen LogP contribution >= 0.6 is 0 Å². The number of hydrogen-bond acceptors (Lipinski definition) is 2. The van der Waals surface area contributed by atoms with Crippen molar-refractivity contribution in [2.45, 2.75) is 19.3 Å². The molecule has 1 N–H and O–H groups in total. The van der Waals surface area contributed by atoms with Gasteiger partial charge in [0.25, 0.3) is 0 Å². The largest absolute Gasteiger partial charge is 0.508 e. The van der Waals surface area contributed by atoms with E-state index in [4.69, 9.17) is 0 Å². The van der Waals surface area contributed by atoms with E-state index in [2.05, 4.69) is 0 Å². The van der Waals surface area contributed by atoms with Gasteiger partial charge in [-0.05, 0) is 24.1 Å². The summed E-state index contributed by atoms with van der Waals surface area (Å²) in [5.74, 6) is 0.106. The highest BCUT2D eigenvalue weighted by Gasteiger charge is 2.20. The molecule has 0 radical (unpaired) electrons. The molecule has 2 aromatic carbocycles. The van der Waals surface area contributed by atoms with Crippen LogP contribution in [0.25, 0.3) is 0 Å². The van der Waals surface area contributed by atoms with Gasteiger partial charge in [0.2, 0.25) is 0 Å². The van der Waals surface area contributed by atoms with Crippen molar-refractivity contribution in [1.82, 2.24) is 0 Å². The number of ketones is 1. The second-order valence-corrected chi connectivity index (χ2v) is 4.29. The van der Waals surface area contributed by atoms with Gasteiger partial charge in [0, 0.05) is 11.5 Å². The number of phenols is 1. The predicted octanol–water partition coefficient (Wildman–Crippen LogP) is 3.77. The molecule has 0 saturated heterocycles. The van der Waals surface area contributed by atoms with E-state index in [0.717, 1.165) is 12.0 Å². The average Bonchev–Trinajstić information content (AvgIpc) is 2.40. The van der Waals surface area contributed by atoms with Crippen molar-refractivity contribution >= 4 is 5.78 Å². The first-order chi connectivity index (χ1) is 8.72. The van der Waals surface area contributed by atoms with Crippen LogP contribution in [-0.2, 0) is 0 Å². The van der Waals surface area contributed by atoms with Gasteiger partial charge in [0.1, 0.15) is 5.75 Å². The molecule has 0 spiro atoms. The van der Waals surface area contributed by atoms with E-state index in [1.807, 2.05) is 43.3 Å². The quantitative estimate of drug-likeness (QED) is 0.826. The topological polar surface area (TPSA) is 37.3 Å². The fraction of sp³-hybridized carbons (Fsp3) is 0.188. The third kappa shape index (κ3) is 2.59. The van der Waals surface area contributed by atoms with Crippen LogP contribution in [0.4, 0.5) is 0 Å². The molecule has 92 valence electrons. The van der Waals surface area contributed by atoms with Crippen LogP contribution < -0.4 is 0 Å². The number of hydrogen-bond donors (Lipinski definition) is 1. The zero-order valence-corrected chi connectivity index (χ0v) is 10.3. The highest BCUT2D eigenvalue weighted by atomic mass is 16.3. The fourth-order valence-corrected chi connectivity index (χ4v) is 2.12. The molecule has 0 aliphatic heterocycles. The van der Waals surface area contributed by atoms with Crippen molar-refractivity contribution in [2.75, 3.05) is 0 Å². The van der Waals surface area contributed by atoms with Crippen LogP contribution in [0.5, 0.6) is 5.75 Å². The molecule has 0 aliphatic rings. The lowest BCUT2D eigenvalue weighted by Crippen LogP contribution is -2.12. The molecule has 2 nitrogen and oxygen atoms in total. The number of Topliss-reactive ketones (excluding diaryl/α,β-unsaturated/α-hetero) is 1. The minimum atomic E-state index is -0.195. The van der Waals surface area contributed by atoms with Gasteiger partial charge < -0.3 is 5.11 Å². The summed E-state index contributed by atoms with van der Waals surface area (Å²) >= 11 is 0. The van der Waals surface area contributed by atoms with Gasteiger partial charge in [-0.3, -0.25) is 4.79 Å². The Morgan fingerprint density at radius 1 is 1.11 bits per heavy atom. The van der Waals surface area contributed by atoms with Crippen LogP contribution in [0.1, 0.15) is 35.2 Å². The van der Waals surface area contributed by atoms with Crippen LogP contribution in [-0.4, -0.2) is 10.9 Å². The molecule has 2 heteroatoms. The van der Waals surface area contributed by atoms with Crippen molar-refractivity contribution in [3.05, 3.63) is 65.7 Å². The first-order valence-electron chi connectivity index (χ1n) is 6.10. The minimum Gasteiger partial charge on any atom is -0.508 e. The van der Waals surface area contributed by atoms with Gasteiger partial charge in [0.15, 0.2) is 5.78 Å². The summed E-state index contributed by atoms with van der Waals surface area (Å²) in [5.41, 5.74) is 1.58. The Morgan fingerprint density at radius 2 is 1.83 bits per heavy atom. The maximum absolute atomic E-state index is 12.4. The Kier molecular flexibility index (Phi) is 3.78. The number of aromatic hydroxyl groups is 1. The smallest absolute Gasteiger partial charge is 0.170 e. The van der Waals surface area contributed by atoms with Crippen LogP contribution in [0.2, 0.25) is 0 Å². The number of phenolic OH excluding ortho intramolecular Hbond substituents is 1. The van der Waals surface area contributed by atoms with E-state index in [9.17, 15) is 9.90 Å². The Labute approximate surface area is 107 Å². The lowest BCUT2D eigenvalue weighted by atomic mass is 9.88.